The molecule has 1 heteroatoms. The normalized spacial score (nSPS) is 24.8. The second-order valence-electron chi connectivity index (χ2n) is 6.06. The lowest BCUT2D eigenvalue weighted by molar-refractivity contribution is 0.320. The van der Waals surface area contributed by atoms with Crippen molar-refractivity contribution < 1.29 is 0 Å². The first-order valence-corrected chi connectivity index (χ1v) is 6.05. The van der Waals surface area contributed by atoms with Crippen molar-refractivity contribution in [3.05, 3.63) is 11.0 Å². The summed E-state index contributed by atoms with van der Waals surface area (Å²) in [5, 5.41) is 0. The van der Waals surface area contributed by atoms with Gasteiger partial charge in [0, 0.05) is 5.75 Å². The molecule has 0 saturated carbocycles. The average molecular weight is 198 g/mol. The molecule has 0 aromatic rings. The summed E-state index contributed by atoms with van der Waals surface area (Å²) >= 11 is 2.05. The molecule has 1 heterocycles. The number of allylic oxidation sites excluding steroid dienone is 2. The minimum atomic E-state index is 0.352. The first-order chi connectivity index (χ1) is 5.71. The molecule has 0 amide bonds. The fourth-order valence-corrected chi connectivity index (χ4v) is 3.07. The van der Waals surface area contributed by atoms with Crippen molar-refractivity contribution in [3.63, 3.8) is 0 Å². The minimum absolute atomic E-state index is 0.352. The quantitative estimate of drug-likeness (QED) is 0.558. The minimum Gasteiger partial charge on any atom is -0.130 e. The van der Waals surface area contributed by atoms with Gasteiger partial charge in [-0.15, -0.1) is 11.8 Å². The van der Waals surface area contributed by atoms with Gasteiger partial charge < -0.3 is 0 Å². The van der Waals surface area contributed by atoms with Gasteiger partial charge in [0.25, 0.3) is 0 Å². The Morgan fingerprint density at radius 2 is 1.69 bits per heavy atom. The van der Waals surface area contributed by atoms with Gasteiger partial charge in [-0.1, -0.05) is 47.6 Å². The fraction of sp³-hybridized carbons (Fsp3) is 0.833. The molecular formula is C12H22S. The van der Waals surface area contributed by atoms with Crippen LogP contribution in [-0.2, 0) is 0 Å². The molecule has 0 aliphatic carbocycles. The third-order valence-electron chi connectivity index (χ3n) is 2.62. The van der Waals surface area contributed by atoms with Gasteiger partial charge in [0.2, 0.25) is 0 Å². The molecule has 0 nitrogen and oxygen atoms in total. The number of rotatable bonds is 0. The zero-order chi connectivity index (χ0) is 10.3. The maximum atomic E-state index is 2.49. The van der Waals surface area contributed by atoms with Crippen LogP contribution in [0.25, 0.3) is 0 Å². The van der Waals surface area contributed by atoms with E-state index < -0.39 is 0 Å². The Morgan fingerprint density at radius 1 is 1.15 bits per heavy atom. The summed E-state index contributed by atoms with van der Waals surface area (Å²) in [6.45, 7) is 13.9. The van der Waals surface area contributed by atoms with E-state index in [9.17, 15) is 0 Å². The monoisotopic (exact) mass is 198 g/mol. The molecule has 0 aromatic carbocycles. The Balaban J connectivity index is 2.76. The van der Waals surface area contributed by atoms with Gasteiger partial charge in [0.15, 0.2) is 0 Å². The van der Waals surface area contributed by atoms with E-state index in [-0.39, 0.29) is 0 Å². The zero-order valence-electron chi connectivity index (χ0n) is 9.77. The molecule has 1 aliphatic rings. The van der Waals surface area contributed by atoms with Crippen LogP contribution in [0.4, 0.5) is 0 Å². The second kappa shape index (κ2) is 3.34. The van der Waals surface area contributed by atoms with Gasteiger partial charge >= 0.3 is 0 Å². The smallest absolute Gasteiger partial charge is 0.00453 e. The molecule has 13 heavy (non-hydrogen) atoms. The largest absolute Gasteiger partial charge is 0.130 e. The molecule has 0 aromatic heterocycles. The van der Waals surface area contributed by atoms with E-state index in [2.05, 4.69) is 47.6 Å². The molecule has 0 radical (unpaired) electrons. The first kappa shape index (κ1) is 11.2. The predicted octanol–water partition coefficient (Wildman–Crippen LogP) is 4.33. The number of hydrogen-bond donors (Lipinski definition) is 0. The molecule has 0 saturated heterocycles. The van der Waals surface area contributed by atoms with Gasteiger partial charge in [-0.2, -0.15) is 0 Å². The van der Waals surface area contributed by atoms with Crippen LogP contribution in [0.3, 0.4) is 0 Å². The van der Waals surface area contributed by atoms with Gasteiger partial charge in [0.05, 0.1) is 0 Å². The molecule has 1 atom stereocenters. The van der Waals surface area contributed by atoms with Gasteiger partial charge in [-0.25, -0.2) is 0 Å². The standard InChI is InChI=1S/C12H22S/c1-11(2,3)9-7-10(13-8-9)12(4,5)6/h7,9H,8H2,1-6H3. The van der Waals surface area contributed by atoms with Crippen LogP contribution in [0, 0.1) is 16.7 Å². The molecule has 1 aliphatic heterocycles. The van der Waals surface area contributed by atoms with Crippen LogP contribution >= 0.6 is 11.8 Å². The Hall–Kier alpha value is 0.0900. The van der Waals surface area contributed by atoms with Crippen LogP contribution < -0.4 is 0 Å². The lowest BCUT2D eigenvalue weighted by Crippen LogP contribution is -2.18. The number of hydrogen-bond acceptors (Lipinski definition) is 1. The highest BCUT2D eigenvalue weighted by atomic mass is 32.2. The topological polar surface area (TPSA) is 0 Å². The molecule has 0 bridgehead atoms. The fourth-order valence-electron chi connectivity index (χ4n) is 1.43. The third kappa shape index (κ3) is 2.77. The van der Waals surface area contributed by atoms with E-state index in [0.29, 0.717) is 10.8 Å². The Kier molecular flexibility index (Phi) is 2.87. The summed E-state index contributed by atoms with van der Waals surface area (Å²) in [5.74, 6) is 2.03. The van der Waals surface area contributed by atoms with Gasteiger partial charge in [0.1, 0.15) is 0 Å². The maximum Gasteiger partial charge on any atom is 0.00453 e. The van der Waals surface area contributed by atoms with E-state index >= 15 is 0 Å². The molecule has 1 unspecified atom stereocenters. The van der Waals surface area contributed by atoms with Crippen molar-refractivity contribution in [2.45, 2.75) is 41.5 Å². The summed E-state index contributed by atoms with van der Waals surface area (Å²) in [6.07, 6.45) is 2.49. The summed E-state index contributed by atoms with van der Waals surface area (Å²) in [5.41, 5.74) is 0.782. The molecule has 0 N–H and O–H groups in total. The van der Waals surface area contributed by atoms with Crippen LogP contribution in [-0.4, -0.2) is 5.75 Å². The van der Waals surface area contributed by atoms with Crippen LogP contribution in [0.1, 0.15) is 41.5 Å². The maximum absolute atomic E-state index is 2.49. The van der Waals surface area contributed by atoms with Crippen molar-refractivity contribution in [3.8, 4) is 0 Å². The van der Waals surface area contributed by atoms with Crippen molar-refractivity contribution in [2.24, 2.45) is 16.7 Å². The van der Waals surface area contributed by atoms with E-state index in [0.717, 1.165) is 5.92 Å². The van der Waals surface area contributed by atoms with Crippen LogP contribution in [0.2, 0.25) is 0 Å². The molecule has 0 spiro atoms. The van der Waals surface area contributed by atoms with Crippen molar-refractivity contribution in [1.82, 2.24) is 0 Å². The molecule has 0 fully saturated rings. The summed E-state index contributed by atoms with van der Waals surface area (Å²) in [7, 11) is 0. The Bertz CT molecular complexity index is 212. The van der Waals surface area contributed by atoms with Gasteiger partial charge in [-0.05, 0) is 21.7 Å². The van der Waals surface area contributed by atoms with E-state index in [1.165, 1.54) is 5.75 Å². The molecular weight excluding hydrogens is 176 g/mol. The molecule has 1 rings (SSSR count). The van der Waals surface area contributed by atoms with E-state index in [4.69, 9.17) is 0 Å². The number of thioether (sulfide) groups is 1. The van der Waals surface area contributed by atoms with Crippen LogP contribution in [0.15, 0.2) is 11.0 Å². The highest BCUT2D eigenvalue weighted by Gasteiger charge is 2.31. The molecule has 76 valence electrons. The average Bonchev–Trinajstić information content (AvgIpc) is 2.28. The summed E-state index contributed by atoms with van der Waals surface area (Å²) < 4.78 is 0. The highest BCUT2D eigenvalue weighted by Crippen LogP contribution is 2.46. The Morgan fingerprint density at radius 3 is 1.92 bits per heavy atom. The van der Waals surface area contributed by atoms with Crippen molar-refractivity contribution in [1.29, 1.82) is 0 Å². The van der Waals surface area contributed by atoms with E-state index in [1.807, 2.05) is 11.8 Å². The third-order valence-corrected chi connectivity index (χ3v) is 4.21. The van der Waals surface area contributed by atoms with Gasteiger partial charge in [-0.3, -0.25) is 0 Å². The Labute approximate surface area is 87.2 Å². The first-order valence-electron chi connectivity index (χ1n) is 5.06. The lowest BCUT2D eigenvalue weighted by Gasteiger charge is -2.24. The van der Waals surface area contributed by atoms with E-state index in [1.54, 1.807) is 4.91 Å². The van der Waals surface area contributed by atoms with Crippen LogP contribution in [0.5, 0.6) is 0 Å². The second-order valence-corrected chi connectivity index (χ2v) is 7.13. The predicted molar refractivity (Wildman–Crippen MR) is 62.9 cm³/mol. The SMILES string of the molecule is CC(C)(C)C1=CC(C(C)(C)C)CS1. The summed E-state index contributed by atoms with van der Waals surface area (Å²) in [4.78, 5) is 1.58. The summed E-state index contributed by atoms with van der Waals surface area (Å²) in [6, 6.07) is 0. The lowest BCUT2D eigenvalue weighted by atomic mass is 9.80. The zero-order valence-corrected chi connectivity index (χ0v) is 10.6. The highest BCUT2D eigenvalue weighted by molar-refractivity contribution is 8.03. The van der Waals surface area contributed by atoms with Crippen molar-refractivity contribution >= 4 is 11.8 Å². The van der Waals surface area contributed by atoms with Crippen molar-refractivity contribution in [2.75, 3.05) is 5.75 Å².